The molecule has 98 valence electrons. The molecule has 1 aliphatic carbocycles. The van der Waals surface area contributed by atoms with Crippen LogP contribution in [0.5, 0.6) is 0 Å². The van der Waals surface area contributed by atoms with Gasteiger partial charge in [0.2, 0.25) is 0 Å². The molecule has 1 aromatic heterocycles. The maximum Gasteiger partial charge on any atom is 0.287 e. The van der Waals surface area contributed by atoms with Gasteiger partial charge in [-0.3, -0.25) is 14.9 Å². The Morgan fingerprint density at radius 1 is 1.44 bits per heavy atom. The number of hydrogen-bond donors (Lipinski definition) is 3. The summed E-state index contributed by atoms with van der Waals surface area (Å²) in [4.78, 5) is 24.4. The maximum atomic E-state index is 11.8. The van der Waals surface area contributed by atoms with Gasteiger partial charge in [-0.25, -0.2) is 0 Å². The highest BCUT2D eigenvalue weighted by atomic mass is 16.6. The molecule has 0 aliphatic heterocycles. The Balaban J connectivity index is 1.93. The van der Waals surface area contributed by atoms with E-state index in [0.29, 0.717) is 0 Å². The number of H-pyrrole nitrogens is 1. The van der Waals surface area contributed by atoms with Gasteiger partial charge < -0.3 is 16.0 Å². The molecular formula is C11H16N4O3. The number of aromatic nitrogens is 1. The lowest BCUT2D eigenvalue weighted by atomic mass is 9.92. The highest BCUT2D eigenvalue weighted by molar-refractivity contribution is 5.93. The Kier molecular flexibility index (Phi) is 3.61. The lowest BCUT2D eigenvalue weighted by Crippen LogP contribution is -2.40. The fraction of sp³-hybridized carbons (Fsp3) is 0.545. The fourth-order valence-corrected chi connectivity index (χ4v) is 2.15. The van der Waals surface area contributed by atoms with Crippen LogP contribution in [0, 0.1) is 10.1 Å². The van der Waals surface area contributed by atoms with Crippen LogP contribution in [0.1, 0.15) is 36.2 Å². The number of rotatable bonds is 3. The molecule has 0 aromatic carbocycles. The smallest absolute Gasteiger partial charge is 0.287 e. The molecule has 1 heterocycles. The Hall–Kier alpha value is -1.89. The lowest BCUT2D eigenvalue weighted by molar-refractivity contribution is -0.384. The molecular weight excluding hydrogens is 236 g/mol. The molecule has 1 amide bonds. The summed E-state index contributed by atoms with van der Waals surface area (Å²) in [7, 11) is 0. The molecule has 0 spiro atoms. The van der Waals surface area contributed by atoms with Gasteiger partial charge in [0.05, 0.1) is 11.1 Å². The summed E-state index contributed by atoms with van der Waals surface area (Å²) < 4.78 is 0. The number of nitro groups is 1. The van der Waals surface area contributed by atoms with Crippen molar-refractivity contribution in [2.45, 2.75) is 37.8 Å². The zero-order valence-electron chi connectivity index (χ0n) is 9.89. The highest BCUT2D eigenvalue weighted by Gasteiger charge is 2.22. The van der Waals surface area contributed by atoms with Crippen molar-refractivity contribution in [1.29, 1.82) is 0 Å². The van der Waals surface area contributed by atoms with E-state index in [0.717, 1.165) is 25.7 Å². The normalized spacial score (nSPS) is 23.6. The highest BCUT2D eigenvalue weighted by Crippen LogP contribution is 2.18. The third kappa shape index (κ3) is 2.86. The Morgan fingerprint density at radius 2 is 2.11 bits per heavy atom. The van der Waals surface area contributed by atoms with Gasteiger partial charge in [0, 0.05) is 18.2 Å². The number of hydrogen-bond acceptors (Lipinski definition) is 4. The fourth-order valence-electron chi connectivity index (χ4n) is 2.15. The van der Waals surface area contributed by atoms with E-state index in [9.17, 15) is 14.9 Å². The summed E-state index contributed by atoms with van der Waals surface area (Å²) in [5, 5.41) is 13.4. The van der Waals surface area contributed by atoms with Crippen molar-refractivity contribution in [2.24, 2.45) is 5.73 Å². The molecule has 0 atom stereocenters. The van der Waals surface area contributed by atoms with Crippen LogP contribution in [-0.2, 0) is 0 Å². The quantitative estimate of drug-likeness (QED) is 0.548. The van der Waals surface area contributed by atoms with E-state index in [1.807, 2.05) is 0 Å². The van der Waals surface area contributed by atoms with Gasteiger partial charge in [0.25, 0.3) is 11.6 Å². The first-order valence-electron chi connectivity index (χ1n) is 5.95. The molecule has 4 N–H and O–H groups in total. The number of carbonyl (C=O) groups excluding carboxylic acids is 1. The first-order chi connectivity index (χ1) is 8.56. The van der Waals surface area contributed by atoms with Crippen LogP contribution < -0.4 is 11.1 Å². The number of nitrogens with two attached hydrogens (primary N) is 1. The van der Waals surface area contributed by atoms with E-state index in [1.165, 1.54) is 12.3 Å². The zero-order chi connectivity index (χ0) is 13.1. The standard InChI is InChI=1S/C11H16N4O3/c12-7-1-3-8(4-2-7)14-11(16)10-5-9(6-13-10)15(17)18/h5-8,13H,1-4,12H2,(H,14,16). The van der Waals surface area contributed by atoms with Crippen LogP contribution in [0.3, 0.4) is 0 Å². The number of nitrogens with zero attached hydrogens (tertiary/aromatic N) is 1. The minimum absolute atomic E-state index is 0.106. The minimum Gasteiger partial charge on any atom is -0.351 e. The second-order valence-electron chi connectivity index (χ2n) is 4.61. The predicted molar refractivity (Wildman–Crippen MR) is 65.1 cm³/mol. The maximum absolute atomic E-state index is 11.8. The molecule has 0 saturated heterocycles. The second kappa shape index (κ2) is 5.18. The van der Waals surface area contributed by atoms with E-state index in [4.69, 9.17) is 5.73 Å². The van der Waals surface area contributed by atoms with E-state index in [-0.39, 0.29) is 29.4 Å². The summed E-state index contributed by atoms with van der Waals surface area (Å²) in [5.41, 5.74) is 5.89. The summed E-state index contributed by atoms with van der Waals surface area (Å²) in [6, 6.07) is 1.58. The molecule has 1 aromatic rings. The first-order valence-corrected chi connectivity index (χ1v) is 5.95. The van der Waals surface area contributed by atoms with Crippen molar-refractivity contribution in [3.63, 3.8) is 0 Å². The van der Waals surface area contributed by atoms with E-state index < -0.39 is 4.92 Å². The molecule has 1 aliphatic rings. The van der Waals surface area contributed by atoms with Crippen LogP contribution in [0.25, 0.3) is 0 Å². The van der Waals surface area contributed by atoms with Crippen LogP contribution in [0.15, 0.2) is 12.3 Å². The monoisotopic (exact) mass is 252 g/mol. The van der Waals surface area contributed by atoms with E-state index in [1.54, 1.807) is 0 Å². The lowest BCUT2D eigenvalue weighted by Gasteiger charge is -2.26. The molecule has 2 rings (SSSR count). The molecule has 18 heavy (non-hydrogen) atoms. The largest absolute Gasteiger partial charge is 0.351 e. The number of amides is 1. The molecule has 1 saturated carbocycles. The zero-order valence-corrected chi connectivity index (χ0v) is 9.89. The van der Waals surface area contributed by atoms with Crippen molar-refractivity contribution in [1.82, 2.24) is 10.3 Å². The number of nitrogens with one attached hydrogen (secondary N) is 2. The van der Waals surface area contributed by atoms with Crippen LogP contribution >= 0.6 is 0 Å². The van der Waals surface area contributed by atoms with Gasteiger partial charge in [-0.05, 0) is 25.7 Å². The first kappa shape index (κ1) is 12.6. The van der Waals surface area contributed by atoms with Gasteiger partial charge in [-0.2, -0.15) is 0 Å². The Labute approximate surface area is 104 Å². The number of carbonyl (C=O) groups is 1. The molecule has 1 fully saturated rings. The van der Waals surface area contributed by atoms with Crippen molar-refractivity contribution in [2.75, 3.05) is 0 Å². The van der Waals surface area contributed by atoms with Crippen molar-refractivity contribution < 1.29 is 9.72 Å². The van der Waals surface area contributed by atoms with E-state index in [2.05, 4.69) is 10.3 Å². The second-order valence-corrected chi connectivity index (χ2v) is 4.61. The summed E-state index contributed by atoms with van der Waals surface area (Å²) >= 11 is 0. The summed E-state index contributed by atoms with van der Waals surface area (Å²) in [6.07, 6.45) is 4.72. The van der Waals surface area contributed by atoms with Crippen LogP contribution in [0.4, 0.5) is 5.69 Å². The van der Waals surface area contributed by atoms with Gasteiger partial charge in [-0.1, -0.05) is 0 Å². The summed E-state index contributed by atoms with van der Waals surface area (Å²) in [6.45, 7) is 0. The Morgan fingerprint density at radius 3 is 2.67 bits per heavy atom. The molecule has 0 radical (unpaired) electrons. The third-order valence-corrected chi connectivity index (χ3v) is 3.23. The van der Waals surface area contributed by atoms with E-state index >= 15 is 0 Å². The SMILES string of the molecule is NC1CCC(NC(=O)c2cc([N+](=O)[O-])c[nH]2)CC1. The predicted octanol–water partition coefficient (Wildman–Crippen LogP) is 0.923. The Bertz CT molecular complexity index is 449. The van der Waals surface area contributed by atoms with Crippen molar-refractivity contribution in [3.8, 4) is 0 Å². The van der Waals surface area contributed by atoms with Crippen molar-refractivity contribution >= 4 is 11.6 Å². The van der Waals surface area contributed by atoms with Crippen LogP contribution in [0.2, 0.25) is 0 Å². The summed E-state index contributed by atoms with van der Waals surface area (Å²) in [5.74, 6) is -0.302. The molecule has 7 heteroatoms. The topological polar surface area (TPSA) is 114 Å². The van der Waals surface area contributed by atoms with Gasteiger partial charge in [0.15, 0.2) is 0 Å². The average molecular weight is 252 g/mol. The van der Waals surface area contributed by atoms with Gasteiger partial charge in [0.1, 0.15) is 5.69 Å². The molecule has 0 unspecified atom stereocenters. The number of aromatic amines is 1. The minimum atomic E-state index is -0.535. The molecule has 7 nitrogen and oxygen atoms in total. The average Bonchev–Trinajstić information content (AvgIpc) is 2.81. The molecule has 0 bridgehead atoms. The van der Waals surface area contributed by atoms with Crippen LogP contribution in [-0.4, -0.2) is 27.9 Å². The van der Waals surface area contributed by atoms with Gasteiger partial charge in [-0.15, -0.1) is 0 Å². The van der Waals surface area contributed by atoms with Gasteiger partial charge >= 0.3 is 0 Å². The van der Waals surface area contributed by atoms with Crippen molar-refractivity contribution in [3.05, 3.63) is 28.1 Å². The third-order valence-electron chi connectivity index (χ3n) is 3.23.